The Morgan fingerprint density at radius 2 is 1.88 bits per heavy atom. The highest BCUT2D eigenvalue weighted by Gasteiger charge is 2.42. The van der Waals surface area contributed by atoms with Gasteiger partial charge in [-0.3, -0.25) is 4.79 Å². The molecule has 3 rings (SSSR count). The van der Waals surface area contributed by atoms with Crippen molar-refractivity contribution >= 4 is 17.5 Å². The Bertz CT molecular complexity index is 706. The van der Waals surface area contributed by atoms with Gasteiger partial charge in [-0.25, -0.2) is 0 Å². The Balaban J connectivity index is 1.76. The number of rotatable bonds is 5. The van der Waals surface area contributed by atoms with Crippen LogP contribution < -0.4 is 10.1 Å². The number of hydrogen-bond acceptors (Lipinski definition) is 2. The molecule has 0 aromatic heterocycles. The molecule has 0 spiro atoms. The fraction of sp³-hybridized carbons (Fsp3) is 0.350. The van der Waals surface area contributed by atoms with Gasteiger partial charge in [-0.1, -0.05) is 48.7 Å². The van der Waals surface area contributed by atoms with E-state index in [-0.39, 0.29) is 5.91 Å². The Morgan fingerprint density at radius 3 is 2.54 bits per heavy atom. The first-order valence-corrected chi connectivity index (χ1v) is 8.69. The van der Waals surface area contributed by atoms with Gasteiger partial charge in [0.05, 0.1) is 12.5 Å². The van der Waals surface area contributed by atoms with Gasteiger partial charge in [0.25, 0.3) is 0 Å². The number of nitrogens with one attached hydrogen (secondary N) is 1. The monoisotopic (exact) mass is 343 g/mol. The SMILES string of the molecule is COc1cccc(CNC(=O)C2(c3ccc(Cl)cc3)CCCC2)c1. The lowest BCUT2D eigenvalue weighted by molar-refractivity contribution is -0.126. The highest BCUT2D eigenvalue weighted by molar-refractivity contribution is 6.30. The van der Waals surface area contributed by atoms with Crippen molar-refractivity contribution in [2.24, 2.45) is 0 Å². The van der Waals surface area contributed by atoms with Crippen molar-refractivity contribution in [2.75, 3.05) is 7.11 Å². The zero-order valence-corrected chi connectivity index (χ0v) is 14.6. The number of carbonyl (C=O) groups is 1. The predicted octanol–water partition coefficient (Wildman–Crippen LogP) is 4.48. The van der Waals surface area contributed by atoms with E-state index in [1.807, 2.05) is 48.5 Å². The quantitative estimate of drug-likeness (QED) is 0.869. The molecule has 2 aromatic rings. The summed E-state index contributed by atoms with van der Waals surface area (Å²) in [6.45, 7) is 0.505. The summed E-state index contributed by atoms with van der Waals surface area (Å²) in [6, 6.07) is 15.5. The fourth-order valence-corrected chi connectivity index (χ4v) is 3.65. The second-order valence-corrected chi connectivity index (χ2v) is 6.77. The van der Waals surface area contributed by atoms with Gasteiger partial charge < -0.3 is 10.1 Å². The summed E-state index contributed by atoms with van der Waals surface area (Å²) in [6.07, 6.45) is 3.93. The first-order chi connectivity index (χ1) is 11.6. The van der Waals surface area contributed by atoms with E-state index >= 15 is 0 Å². The smallest absolute Gasteiger partial charge is 0.230 e. The molecule has 0 unspecified atom stereocenters. The van der Waals surface area contributed by atoms with Crippen molar-refractivity contribution < 1.29 is 9.53 Å². The molecule has 0 heterocycles. The Kier molecular flexibility index (Phi) is 5.10. The molecule has 0 radical (unpaired) electrons. The first kappa shape index (κ1) is 16.8. The third-order valence-electron chi connectivity index (χ3n) is 4.88. The van der Waals surface area contributed by atoms with Gasteiger partial charge in [-0.05, 0) is 48.2 Å². The second kappa shape index (κ2) is 7.27. The lowest BCUT2D eigenvalue weighted by Gasteiger charge is -2.28. The topological polar surface area (TPSA) is 38.3 Å². The van der Waals surface area contributed by atoms with Gasteiger partial charge in [-0.2, -0.15) is 0 Å². The predicted molar refractivity (Wildman–Crippen MR) is 96.4 cm³/mol. The minimum Gasteiger partial charge on any atom is -0.497 e. The van der Waals surface area contributed by atoms with Crippen LogP contribution in [-0.2, 0) is 16.8 Å². The Labute approximate surface area is 148 Å². The summed E-state index contributed by atoms with van der Waals surface area (Å²) in [5.74, 6) is 0.903. The highest BCUT2D eigenvalue weighted by Crippen LogP contribution is 2.41. The third kappa shape index (κ3) is 3.41. The standard InChI is InChI=1S/C20H22ClNO2/c1-24-18-6-4-5-15(13-18)14-22-19(23)20(11-2-3-12-20)16-7-9-17(21)10-8-16/h4-10,13H,2-3,11-12,14H2,1H3,(H,22,23). The van der Waals surface area contributed by atoms with Crippen LogP contribution in [0.15, 0.2) is 48.5 Å². The van der Waals surface area contributed by atoms with Crippen LogP contribution in [-0.4, -0.2) is 13.0 Å². The van der Waals surface area contributed by atoms with Crippen LogP contribution in [0.25, 0.3) is 0 Å². The van der Waals surface area contributed by atoms with Crippen molar-refractivity contribution in [3.8, 4) is 5.75 Å². The Morgan fingerprint density at radius 1 is 1.17 bits per heavy atom. The van der Waals surface area contributed by atoms with Gasteiger partial charge in [0.2, 0.25) is 5.91 Å². The van der Waals surface area contributed by atoms with E-state index in [2.05, 4.69) is 5.32 Å². The minimum absolute atomic E-state index is 0.102. The third-order valence-corrected chi connectivity index (χ3v) is 5.13. The molecule has 1 aliphatic carbocycles. The van der Waals surface area contributed by atoms with Crippen molar-refractivity contribution in [2.45, 2.75) is 37.6 Å². The van der Waals surface area contributed by atoms with Crippen LogP contribution in [0.3, 0.4) is 0 Å². The normalized spacial score (nSPS) is 15.9. The van der Waals surface area contributed by atoms with Crippen molar-refractivity contribution in [3.05, 3.63) is 64.7 Å². The molecule has 0 bridgehead atoms. The van der Waals surface area contributed by atoms with Crippen LogP contribution in [0.4, 0.5) is 0 Å². The largest absolute Gasteiger partial charge is 0.497 e. The molecular weight excluding hydrogens is 322 g/mol. The van der Waals surface area contributed by atoms with Gasteiger partial charge in [0.1, 0.15) is 5.75 Å². The number of halogens is 1. The number of hydrogen-bond donors (Lipinski definition) is 1. The molecule has 4 heteroatoms. The molecule has 0 saturated heterocycles. The molecule has 1 saturated carbocycles. The zero-order chi connectivity index (χ0) is 17.0. The summed E-state index contributed by atoms with van der Waals surface area (Å²) >= 11 is 6.00. The molecule has 2 aromatic carbocycles. The van der Waals surface area contributed by atoms with Gasteiger partial charge in [-0.15, -0.1) is 0 Å². The number of benzene rings is 2. The van der Waals surface area contributed by atoms with Crippen LogP contribution in [0.5, 0.6) is 5.75 Å². The van der Waals surface area contributed by atoms with E-state index in [0.717, 1.165) is 42.6 Å². The lowest BCUT2D eigenvalue weighted by Crippen LogP contribution is -2.42. The van der Waals surface area contributed by atoms with Gasteiger partial charge in [0.15, 0.2) is 0 Å². The summed E-state index contributed by atoms with van der Waals surface area (Å²) in [5, 5.41) is 3.82. The lowest BCUT2D eigenvalue weighted by atomic mass is 9.78. The molecule has 3 nitrogen and oxygen atoms in total. The molecule has 0 aliphatic heterocycles. The molecular formula is C20H22ClNO2. The second-order valence-electron chi connectivity index (χ2n) is 6.33. The number of ether oxygens (including phenoxy) is 1. The molecule has 24 heavy (non-hydrogen) atoms. The molecule has 1 aliphatic rings. The Hall–Kier alpha value is -2.00. The van der Waals surface area contributed by atoms with Crippen molar-refractivity contribution in [1.82, 2.24) is 5.32 Å². The van der Waals surface area contributed by atoms with Crippen LogP contribution in [0.2, 0.25) is 5.02 Å². The maximum absolute atomic E-state index is 13.0. The van der Waals surface area contributed by atoms with E-state index < -0.39 is 5.41 Å². The average Bonchev–Trinajstić information content (AvgIpc) is 3.11. The van der Waals surface area contributed by atoms with E-state index in [1.54, 1.807) is 7.11 Å². The average molecular weight is 344 g/mol. The van der Waals surface area contributed by atoms with Crippen LogP contribution in [0.1, 0.15) is 36.8 Å². The molecule has 1 amide bonds. The molecule has 126 valence electrons. The number of carbonyl (C=O) groups excluding carboxylic acids is 1. The van der Waals surface area contributed by atoms with E-state index in [9.17, 15) is 4.79 Å². The first-order valence-electron chi connectivity index (χ1n) is 8.31. The fourth-order valence-electron chi connectivity index (χ4n) is 3.53. The molecule has 0 atom stereocenters. The van der Waals surface area contributed by atoms with Crippen LogP contribution >= 0.6 is 11.6 Å². The van der Waals surface area contributed by atoms with Gasteiger partial charge >= 0.3 is 0 Å². The van der Waals surface area contributed by atoms with Crippen LogP contribution in [0, 0.1) is 0 Å². The minimum atomic E-state index is -0.427. The maximum atomic E-state index is 13.0. The number of amides is 1. The zero-order valence-electron chi connectivity index (χ0n) is 13.8. The summed E-state index contributed by atoms with van der Waals surface area (Å²) < 4.78 is 5.24. The van der Waals surface area contributed by atoms with E-state index in [1.165, 1.54) is 0 Å². The maximum Gasteiger partial charge on any atom is 0.230 e. The number of methoxy groups -OCH3 is 1. The highest BCUT2D eigenvalue weighted by atomic mass is 35.5. The summed E-state index contributed by atoms with van der Waals surface area (Å²) in [7, 11) is 1.64. The summed E-state index contributed by atoms with van der Waals surface area (Å²) in [4.78, 5) is 13.0. The molecule has 1 fully saturated rings. The summed E-state index contributed by atoms with van der Waals surface area (Å²) in [5.41, 5.74) is 1.67. The molecule has 1 N–H and O–H groups in total. The van der Waals surface area contributed by atoms with Crippen molar-refractivity contribution in [3.63, 3.8) is 0 Å². The van der Waals surface area contributed by atoms with E-state index in [0.29, 0.717) is 11.6 Å². The van der Waals surface area contributed by atoms with E-state index in [4.69, 9.17) is 16.3 Å². The van der Waals surface area contributed by atoms with Gasteiger partial charge in [0, 0.05) is 11.6 Å². The van der Waals surface area contributed by atoms with Crippen molar-refractivity contribution in [1.29, 1.82) is 0 Å².